The predicted molar refractivity (Wildman–Crippen MR) is 63.6 cm³/mol. The van der Waals surface area contributed by atoms with Crippen LogP contribution in [0, 0.1) is 0 Å². The first kappa shape index (κ1) is 10.3. The minimum absolute atomic E-state index is 0.654. The van der Waals surface area contributed by atoms with Gasteiger partial charge >= 0.3 is 0 Å². The Hall–Kier alpha value is -1.20. The molecule has 1 aromatic heterocycles. The molecular weight excluding hydrogens is 228 g/mol. The number of methoxy groups -OCH3 is 1. The van der Waals surface area contributed by atoms with Crippen LogP contribution in [0.25, 0.3) is 0 Å². The standard InChI is InChI=1S/C10H10N2OS2/c1-13-9-6-7(2-3-8(9)11)15-10-12-4-5-14-10/h2-6H,11H2,1H3. The largest absolute Gasteiger partial charge is 0.495 e. The van der Waals surface area contributed by atoms with Crippen LogP contribution in [0.3, 0.4) is 0 Å². The number of nitrogens with two attached hydrogens (primary N) is 1. The molecule has 0 aliphatic carbocycles. The Morgan fingerprint density at radius 2 is 2.33 bits per heavy atom. The summed E-state index contributed by atoms with van der Waals surface area (Å²) in [5.74, 6) is 0.705. The lowest BCUT2D eigenvalue weighted by molar-refractivity contribution is 0.416. The lowest BCUT2D eigenvalue weighted by atomic mass is 10.3. The molecule has 2 rings (SSSR count). The van der Waals surface area contributed by atoms with E-state index in [4.69, 9.17) is 10.5 Å². The minimum atomic E-state index is 0.654. The number of ether oxygens (including phenoxy) is 1. The third kappa shape index (κ3) is 2.43. The van der Waals surface area contributed by atoms with E-state index in [1.165, 1.54) is 0 Å². The third-order valence-corrected chi connectivity index (χ3v) is 3.69. The molecule has 0 amide bonds. The number of nitrogens with zero attached hydrogens (tertiary/aromatic N) is 1. The SMILES string of the molecule is COc1cc(Sc2nccs2)ccc1N. The van der Waals surface area contributed by atoms with E-state index in [9.17, 15) is 0 Å². The van der Waals surface area contributed by atoms with Gasteiger partial charge in [-0.1, -0.05) is 11.8 Å². The van der Waals surface area contributed by atoms with E-state index in [2.05, 4.69) is 4.98 Å². The van der Waals surface area contributed by atoms with Crippen molar-refractivity contribution in [2.24, 2.45) is 0 Å². The molecule has 0 saturated heterocycles. The summed E-state index contributed by atoms with van der Waals surface area (Å²) in [5.41, 5.74) is 6.38. The molecule has 3 nitrogen and oxygen atoms in total. The van der Waals surface area contributed by atoms with E-state index >= 15 is 0 Å². The zero-order chi connectivity index (χ0) is 10.7. The van der Waals surface area contributed by atoms with Crippen LogP contribution >= 0.6 is 23.1 Å². The van der Waals surface area contributed by atoms with Gasteiger partial charge in [0.05, 0.1) is 12.8 Å². The molecule has 5 heteroatoms. The molecule has 2 aromatic rings. The highest BCUT2D eigenvalue weighted by Gasteiger charge is 2.03. The summed E-state index contributed by atoms with van der Waals surface area (Å²) >= 11 is 3.22. The Bertz CT molecular complexity index is 443. The number of anilines is 1. The number of nitrogen functional groups attached to an aromatic ring is 1. The molecule has 0 spiro atoms. The van der Waals surface area contributed by atoms with Gasteiger partial charge in [-0.15, -0.1) is 11.3 Å². The van der Waals surface area contributed by atoms with Gasteiger partial charge in [0.1, 0.15) is 5.75 Å². The Balaban J connectivity index is 2.22. The zero-order valence-electron chi connectivity index (χ0n) is 8.14. The average molecular weight is 238 g/mol. The fraction of sp³-hybridized carbons (Fsp3) is 0.100. The Morgan fingerprint density at radius 1 is 1.47 bits per heavy atom. The van der Waals surface area contributed by atoms with Crippen molar-refractivity contribution in [1.82, 2.24) is 4.98 Å². The summed E-state index contributed by atoms with van der Waals surface area (Å²) in [6, 6.07) is 5.72. The van der Waals surface area contributed by atoms with Gasteiger partial charge < -0.3 is 10.5 Å². The van der Waals surface area contributed by atoms with Gasteiger partial charge in [0.2, 0.25) is 0 Å². The predicted octanol–water partition coefficient (Wildman–Crippen LogP) is 2.89. The number of hydrogen-bond donors (Lipinski definition) is 1. The molecular formula is C10H10N2OS2. The second-order valence-corrected chi connectivity index (χ2v) is 5.02. The highest BCUT2D eigenvalue weighted by molar-refractivity contribution is 8.01. The Kier molecular flexibility index (Phi) is 3.13. The Morgan fingerprint density at radius 3 is 3.00 bits per heavy atom. The van der Waals surface area contributed by atoms with E-state index < -0.39 is 0 Å². The van der Waals surface area contributed by atoms with Crippen molar-refractivity contribution >= 4 is 28.8 Å². The quantitative estimate of drug-likeness (QED) is 0.835. The van der Waals surface area contributed by atoms with E-state index in [0.717, 1.165) is 9.24 Å². The number of hydrogen-bond acceptors (Lipinski definition) is 5. The van der Waals surface area contributed by atoms with Gasteiger partial charge in [-0.2, -0.15) is 0 Å². The summed E-state index contributed by atoms with van der Waals surface area (Å²) < 4.78 is 6.17. The average Bonchev–Trinajstić information content (AvgIpc) is 2.73. The van der Waals surface area contributed by atoms with E-state index in [1.54, 1.807) is 36.4 Å². The Labute approximate surface area is 96.3 Å². The van der Waals surface area contributed by atoms with Crippen LogP contribution in [0.2, 0.25) is 0 Å². The molecule has 0 saturated carbocycles. The van der Waals surface area contributed by atoms with Crippen molar-refractivity contribution in [3.8, 4) is 5.75 Å². The number of benzene rings is 1. The van der Waals surface area contributed by atoms with Crippen LogP contribution in [-0.4, -0.2) is 12.1 Å². The van der Waals surface area contributed by atoms with Crippen LogP contribution in [0.15, 0.2) is 39.0 Å². The van der Waals surface area contributed by atoms with Crippen molar-refractivity contribution in [3.63, 3.8) is 0 Å². The summed E-state index contributed by atoms with van der Waals surface area (Å²) in [7, 11) is 1.61. The molecule has 15 heavy (non-hydrogen) atoms. The molecule has 1 heterocycles. The van der Waals surface area contributed by atoms with Crippen molar-refractivity contribution in [2.45, 2.75) is 9.24 Å². The molecule has 0 radical (unpaired) electrons. The van der Waals surface area contributed by atoms with Crippen molar-refractivity contribution in [3.05, 3.63) is 29.8 Å². The molecule has 2 N–H and O–H groups in total. The van der Waals surface area contributed by atoms with Crippen molar-refractivity contribution in [2.75, 3.05) is 12.8 Å². The van der Waals surface area contributed by atoms with Crippen molar-refractivity contribution in [1.29, 1.82) is 0 Å². The maximum Gasteiger partial charge on any atom is 0.154 e. The number of rotatable bonds is 3. The van der Waals surface area contributed by atoms with Gasteiger partial charge in [0.15, 0.2) is 4.34 Å². The molecule has 0 fully saturated rings. The lowest BCUT2D eigenvalue weighted by Crippen LogP contribution is -1.91. The zero-order valence-corrected chi connectivity index (χ0v) is 9.77. The van der Waals surface area contributed by atoms with Gasteiger partial charge in [-0.3, -0.25) is 0 Å². The number of aromatic nitrogens is 1. The third-order valence-electron chi connectivity index (χ3n) is 1.82. The van der Waals surface area contributed by atoms with Crippen LogP contribution < -0.4 is 10.5 Å². The fourth-order valence-corrected chi connectivity index (χ4v) is 2.74. The first-order valence-electron chi connectivity index (χ1n) is 4.30. The molecule has 78 valence electrons. The van der Waals surface area contributed by atoms with Gasteiger partial charge in [-0.25, -0.2) is 4.98 Å². The van der Waals surface area contributed by atoms with Gasteiger partial charge in [0, 0.05) is 16.5 Å². The van der Waals surface area contributed by atoms with Crippen LogP contribution in [0.5, 0.6) is 5.75 Å². The topological polar surface area (TPSA) is 48.1 Å². The van der Waals surface area contributed by atoms with Gasteiger partial charge in [0.25, 0.3) is 0 Å². The summed E-state index contributed by atoms with van der Waals surface area (Å²) in [4.78, 5) is 5.28. The molecule has 1 aromatic carbocycles. The second-order valence-electron chi connectivity index (χ2n) is 2.80. The van der Waals surface area contributed by atoms with Crippen LogP contribution in [0.1, 0.15) is 0 Å². The van der Waals surface area contributed by atoms with Crippen molar-refractivity contribution < 1.29 is 4.74 Å². The normalized spacial score (nSPS) is 10.2. The lowest BCUT2D eigenvalue weighted by Gasteiger charge is -2.05. The van der Waals surface area contributed by atoms with E-state index in [-0.39, 0.29) is 0 Å². The molecule has 0 aliphatic rings. The summed E-state index contributed by atoms with van der Waals surface area (Å²) in [5, 5.41) is 1.96. The van der Waals surface area contributed by atoms with E-state index in [1.807, 2.05) is 23.6 Å². The van der Waals surface area contributed by atoms with Gasteiger partial charge in [-0.05, 0) is 18.2 Å². The molecule has 0 bridgehead atoms. The van der Waals surface area contributed by atoms with Crippen LogP contribution in [-0.2, 0) is 0 Å². The first-order chi connectivity index (χ1) is 7.29. The van der Waals surface area contributed by atoms with Crippen LogP contribution in [0.4, 0.5) is 5.69 Å². The summed E-state index contributed by atoms with van der Waals surface area (Å²) in [6.45, 7) is 0. The first-order valence-corrected chi connectivity index (χ1v) is 6.00. The highest BCUT2D eigenvalue weighted by atomic mass is 32.2. The monoisotopic (exact) mass is 238 g/mol. The maximum absolute atomic E-state index is 5.73. The molecule has 0 aliphatic heterocycles. The van der Waals surface area contributed by atoms with E-state index in [0.29, 0.717) is 11.4 Å². The smallest absolute Gasteiger partial charge is 0.154 e. The minimum Gasteiger partial charge on any atom is -0.495 e. The fourth-order valence-electron chi connectivity index (χ4n) is 1.12. The molecule has 0 atom stereocenters. The second kappa shape index (κ2) is 4.55. The number of thiazole rings is 1. The maximum atomic E-state index is 5.73. The summed E-state index contributed by atoms with van der Waals surface area (Å²) in [6.07, 6.45) is 1.79. The highest BCUT2D eigenvalue weighted by Crippen LogP contribution is 2.33. The molecule has 0 unspecified atom stereocenters.